The van der Waals surface area contributed by atoms with Gasteiger partial charge in [0, 0.05) is 16.7 Å². The van der Waals surface area contributed by atoms with Crippen LogP contribution in [0.1, 0.15) is 41.5 Å². The summed E-state index contributed by atoms with van der Waals surface area (Å²) < 4.78 is 0. The van der Waals surface area contributed by atoms with Crippen molar-refractivity contribution >= 4 is 34.8 Å². The summed E-state index contributed by atoms with van der Waals surface area (Å²) in [4.78, 5) is 15.0. The third-order valence-electron chi connectivity index (χ3n) is 9.89. The lowest BCUT2D eigenvalue weighted by Crippen LogP contribution is -2.22. The van der Waals surface area contributed by atoms with Crippen molar-refractivity contribution in [2.75, 3.05) is 12.3 Å². The number of benzene rings is 7. The van der Waals surface area contributed by atoms with E-state index in [1.807, 2.05) is 36.4 Å². The molecule has 0 amide bonds. The molecule has 1 aromatic heterocycles. The molecular formula is C51H48N3P. The molecule has 0 saturated carbocycles. The van der Waals surface area contributed by atoms with Crippen molar-refractivity contribution in [3.8, 4) is 56.4 Å². The Kier molecular flexibility index (Phi) is 9.93. The Balaban J connectivity index is 1.27. The number of hydrogen-bond acceptors (Lipinski definition) is 3. The van der Waals surface area contributed by atoms with Gasteiger partial charge in [0.25, 0.3) is 0 Å². The highest BCUT2D eigenvalue weighted by Crippen LogP contribution is 2.47. The quantitative estimate of drug-likeness (QED) is 0.115. The van der Waals surface area contributed by atoms with Gasteiger partial charge in [-0.2, -0.15) is 0 Å². The SMILES string of the molecule is CC(C)(C)CP(CC(C)(C)C)c1ccc(-c2c3ccccc3c(-c3cccc(-c4nc(-c5ccccc5)nc(-c5ccccc5)n4)c3)c3ccccc23)cc1. The van der Waals surface area contributed by atoms with E-state index < -0.39 is 0 Å². The highest BCUT2D eigenvalue weighted by molar-refractivity contribution is 7.65. The lowest BCUT2D eigenvalue weighted by Gasteiger charge is -2.32. The monoisotopic (exact) mass is 733 g/mol. The predicted molar refractivity (Wildman–Crippen MR) is 237 cm³/mol. The van der Waals surface area contributed by atoms with Crippen LogP contribution in [0.3, 0.4) is 0 Å². The molecule has 0 spiro atoms. The van der Waals surface area contributed by atoms with Crippen LogP contribution in [0.5, 0.6) is 0 Å². The van der Waals surface area contributed by atoms with Crippen LogP contribution in [0.15, 0.2) is 158 Å². The first-order chi connectivity index (χ1) is 26.5. The molecule has 0 fully saturated rings. The Morgan fingerprint density at radius 2 is 0.727 bits per heavy atom. The van der Waals surface area contributed by atoms with Gasteiger partial charge >= 0.3 is 0 Å². The lowest BCUT2D eigenvalue weighted by atomic mass is 9.85. The van der Waals surface area contributed by atoms with Crippen molar-refractivity contribution in [2.24, 2.45) is 10.8 Å². The minimum atomic E-state index is -0.285. The fraction of sp³-hybridized carbons (Fsp3) is 0.196. The second-order valence-corrected chi connectivity index (χ2v) is 19.2. The van der Waals surface area contributed by atoms with Crippen molar-refractivity contribution in [1.82, 2.24) is 15.0 Å². The van der Waals surface area contributed by atoms with Crippen LogP contribution in [0, 0.1) is 10.8 Å². The molecule has 0 aliphatic carbocycles. The predicted octanol–water partition coefficient (Wildman–Crippen LogP) is 13.7. The van der Waals surface area contributed by atoms with Gasteiger partial charge in [-0.3, -0.25) is 0 Å². The van der Waals surface area contributed by atoms with Crippen LogP contribution in [0.4, 0.5) is 0 Å². The average Bonchev–Trinajstić information content (AvgIpc) is 3.19. The highest BCUT2D eigenvalue weighted by atomic mass is 31.1. The van der Waals surface area contributed by atoms with Gasteiger partial charge in [-0.25, -0.2) is 15.0 Å². The Morgan fingerprint density at radius 1 is 0.364 bits per heavy atom. The molecule has 0 bridgehead atoms. The number of aromatic nitrogens is 3. The summed E-state index contributed by atoms with van der Waals surface area (Å²) in [5, 5.41) is 6.45. The molecule has 0 atom stereocenters. The molecule has 4 heteroatoms. The minimum Gasteiger partial charge on any atom is -0.208 e. The molecule has 1 heterocycles. The van der Waals surface area contributed by atoms with Crippen LogP contribution >= 0.6 is 7.92 Å². The molecule has 8 aromatic rings. The van der Waals surface area contributed by atoms with Gasteiger partial charge in [0.05, 0.1) is 0 Å². The average molecular weight is 734 g/mol. The molecule has 0 aliphatic rings. The summed E-state index contributed by atoms with van der Waals surface area (Å²) in [6.45, 7) is 14.3. The van der Waals surface area contributed by atoms with Gasteiger partial charge in [-0.1, -0.05) is 201 Å². The maximum atomic E-state index is 5.05. The zero-order chi connectivity index (χ0) is 38.2. The van der Waals surface area contributed by atoms with Crippen molar-refractivity contribution in [1.29, 1.82) is 0 Å². The van der Waals surface area contributed by atoms with E-state index >= 15 is 0 Å². The first-order valence-corrected chi connectivity index (χ1v) is 21.0. The van der Waals surface area contributed by atoms with E-state index in [1.54, 1.807) is 0 Å². The van der Waals surface area contributed by atoms with E-state index in [4.69, 9.17) is 15.0 Å². The first kappa shape index (κ1) is 36.5. The summed E-state index contributed by atoms with van der Waals surface area (Å²) in [5.41, 5.74) is 8.32. The van der Waals surface area contributed by atoms with E-state index in [2.05, 4.69) is 163 Å². The number of rotatable bonds is 8. The van der Waals surface area contributed by atoms with E-state index in [0.29, 0.717) is 17.5 Å². The number of fused-ring (bicyclic) bond motifs is 2. The fourth-order valence-corrected chi connectivity index (χ4v) is 11.1. The van der Waals surface area contributed by atoms with Gasteiger partial charge in [0.15, 0.2) is 17.5 Å². The van der Waals surface area contributed by atoms with Crippen molar-refractivity contribution in [2.45, 2.75) is 41.5 Å². The van der Waals surface area contributed by atoms with E-state index in [9.17, 15) is 0 Å². The van der Waals surface area contributed by atoms with Gasteiger partial charge < -0.3 is 0 Å². The maximum absolute atomic E-state index is 5.05. The molecule has 55 heavy (non-hydrogen) atoms. The summed E-state index contributed by atoms with van der Waals surface area (Å²) in [6, 6.07) is 56.4. The van der Waals surface area contributed by atoms with Gasteiger partial charge in [0.2, 0.25) is 0 Å². The molecule has 0 unspecified atom stereocenters. The second kappa shape index (κ2) is 15.0. The van der Waals surface area contributed by atoms with Gasteiger partial charge in [-0.15, -0.1) is 0 Å². The molecule has 272 valence electrons. The third-order valence-corrected chi connectivity index (χ3v) is 13.6. The van der Waals surface area contributed by atoms with E-state index in [1.165, 1.54) is 55.9 Å². The Hall–Kier alpha value is -5.50. The van der Waals surface area contributed by atoms with Crippen LogP contribution in [0.25, 0.3) is 78.0 Å². The van der Waals surface area contributed by atoms with Crippen molar-refractivity contribution < 1.29 is 0 Å². The highest BCUT2D eigenvalue weighted by Gasteiger charge is 2.25. The van der Waals surface area contributed by atoms with Crippen molar-refractivity contribution in [3.63, 3.8) is 0 Å². The number of nitrogens with zero attached hydrogens (tertiary/aromatic N) is 3. The maximum Gasteiger partial charge on any atom is 0.164 e. The zero-order valence-electron chi connectivity index (χ0n) is 32.7. The van der Waals surface area contributed by atoms with Crippen molar-refractivity contribution in [3.05, 3.63) is 158 Å². The molecular weight excluding hydrogens is 686 g/mol. The molecule has 3 nitrogen and oxygen atoms in total. The Labute approximate surface area is 327 Å². The Bertz CT molecular complexity index is 2470. The second-order valence-electron chi connectivity index (χ2n) is 17.0. The van der Waals surface area contributed by atoms with Crippen LogP contribution in [-0.4, -0.2) is 27.3 Å². The molecule has 8 rings (SSSR count). The molecule has 7 aromatic carbocycles. The van der Waals surface area contributed by atoms with Crippen LogP contribution in [-0.2, 0) is 0 Å². The minimum absolute atomic E-state index is 0.285. The zero-order valence-corrected chi connectivity index (χ0v) is 33.6. The summed E-state index contributed by atoms with van der Waals surface area (Å²) >= 11 is 0. The Morgan fingerprint density at radius 3 is 1.16 bits per heavy atom. The van der Waals surface area contributed by atoms with Gasteiger partial charge in [-0.05, 0) is 78.3 Å². The summed E-state index contributed by atoms with van der Waals surface area (Å²) in [6.07, 6.45) is 2.45. The molecule has 0 N–H and O–H groups in total. The number of hydrogen-bond donors (Lipinski definition) is 0. The smallest absolute Gasteiger partial charge is 0.164 e. The topological polar surface area (TPSA) is 38.7 Å². The normalized spacial score (nSPS) is 12.1. The standard InChI is InChI=1S/C51H48N3P/c1-50(2,3)33-55(34-51(4,5)6)40-30-28-35(29-31-40)45-41-24-13-15-26-43(41)46(44-27-16-14-25-42(44)45)38-22-17-23-39(32-38)49-53-47(36-18-9-7-10-19-36)52-48(54-49)37-20-11-8-12-21-37/h7-32H,33-34H2,1-6H3. The first-order valence-electron chi connectivity index (χ1n) is 19.3. The largest absolute Gasteiger partial charge is 0.208 e. The van der Waals surface area contributed by atoms with Gasteiger partial charge in [0.1, 0.15) is 0 Å². The third kappa shape index (κ3) is 8.00. The summed E-state index contributed by atoms with van der Waals surface area (Å²) in [7, 11) is -0.285. The molecule has 0 radical (unpaired) electrons. The molecule has 0 saturated heterocycles. The summed E-state index contributed by atoms with van der Waals surface area (Å²) in [5.74, 6) is 1.97. The van der Waals surface area contributed by atoms with E-state index in [-0.39, 0.29) is 18.8 Å². The van der Waals surface area contributed by atoms with E-state index in [0.717, 1.165) is 22.3 Å². The van der Waals surface area contributed by atoms with Crippen LogP contribution in [0.2, 0.25) is 0 Å². The fourth-order valence-electron chi connectivity index (χ4n) is 7.72. The van der Waals surface area contributed by atoms with Crippen LogP contribution < -0.4 is 5.30 Å². The lowest BCUT2D eigenvalue weighted by molar-refractivity contribution is 0.460. The molecule has 0 aliphatic heterocycles.